The van der Waals surface area contributed by atoms with Gasteiger partial charge in [-0.1, -0.05) is 0 Å². The highest BCUT2D eigenvalue weighted by Gasteiger charge is 2.44. The quantitative estimate of drug-likeness (QED) is 0.443. The third-order valence-electron chi connectivity index (χ3n) is 0.956. The molecule has 0 fully saturated rings. The summed E-state index contributed by atoms with van der Waals surface area (Å²) in [7, 11) is -2.63. The van der Waals surface area contributed by atoms with Crippen LogP contribution < -0.4 is 0 Å². The first-order chi connectivity index (χ1) is 6.06. The topological polar surface area (TPSA) is 72.8 Å². The molecule has 0 radical (unpaired) electrons. The fourth-order valence-electron chi connectivity index (χ4n) is 0.0962. The molecule has 0 spiro atoms. The first-order valence-electron chi connectivity index (χ1n) is 3.15. The van der Waals surface area contributed by atoms with Gasteiger partial charge in [-0.2, -0.15) is 21.6 Å². The van der Waals surface area contributed by atoms with Gasteiger partial charge < -0.3 is 9.47 Å². The number of ether oxygens (including phenoxy) is 2. The molecule has 0 aliphatic rings. The molecule has 5 nitrogen and oxygen atoms in total. The zero-order chi connectivity index (χ0) is 12.0. The standard InChI is InChI=1S/C4H10O2.CHF3O3S/c1-4(5-2)6-3;2-1(3,4)8(5,6)7/h4H,1-3H3;(H,5,6,7). The average Bonchev–Trinajstić information content (AvgIpc) is 2.00. The zero-order valence-electron chi connectivity index (χ0n) is 7.70. The van der Waals surface area contributed by atoms with Gasteiger partial charge in [0.05, 0.1) is 0 Å². The minimum absolute atomic E-state index is 0.0648. The maximum atomic E-state index is 10.7. The summed E-state index contributed by atoms with van der Waals surface area (Å²) in [4.78, 5) is 0. The molecular weight excluding hydrogens is 229 g/mol. The lowest BCUT2D eigenvalue weighted by Gasteiger charge is -2.03. The molecule has 0 rings (SSSR count). The Kier molecular flexibility index (Phi) is 7.08. The van der Waals surface area contributed by atoms with E-state index in [0.717, 1.165) is 0 Å². The summed E-state index contributed by atoms with van der Waals surface area (Å²) in [5.41, 5.74) is -5.53. The highest BCUT2D eigenvalue weighted by atomic mass is 32.2. The molecule has 88 valence electrons. The van der Waals surface area contributed by atoms with Crippen LogP contribution in [0.4, 0.5) is 13.2 Å². The van der Waals surface area contributed by atoms with Crippen molar-refractivity contribution in [2.45, 2.75) is 18.7 Å². The van der Waals surface area contributed by atoms with Crippen molar-refractivity contribution in [3.8, 4) is 0 Å². The molecule has 0 bridgehead atoms. The van der Waals surface area contributed by atoms with Gasteiger partial charge in [-0.25, -0.2) is 0 Å². The van der Waals surface area contributed by atoms with E-state index in [0.29, 0.717) is 0 Å². The third-order valence-corrected chi connectivity index (χ3v) is 1.54. The predicted molar refractivity (Wildman–Crippen MR) is 41.1 cm³/mol. The molecule has 0 unspecified atom stereocenters. The van der Waals surface area contributed by atoms with Gasteiger partial charge in [0.1, 0.15) is 0 Å². The Morgan fingerprint density at radius 1 is 1.21 bits per heavy atom. The van der Waals surface area contributed by atoms with Crippen molar-refractivity contribution in [3.63, 3.8) is 0 Å². The summed E-state index contributed by atoms with van der Waals surface area (Å²) in [6, 6.07) is 0. The number of hydrogen-bond acceptors (Lipinski definition) is 4. The van der Waals surface area contributed by atoms with Gasteiger partial charge in [-0.15, -0.1) is 0 Å². The van der Waals surface area contributed by atoms with E-state index in [9.17, 15) is 13.2 Å². The molecule has 0 aliphatic carbocycles. The van der Waals surface area contributed by atoms with E-state index < -0.39 is 15.6 Å². The van der Waals surface area contributed by atoms with Crippen molar-refractivity contribution >= 4 is 10.1 Å². The van der Waals surface area contributed by atoms with Crippen molar-refractivity contribution in [1.29, 1.82) is 0 Å². The zero-order valence-corrected chi connectivity index (χ0v) is 8.52. The maximum absolute atomic E-state index is 10.7. The summed E-state index contributed by atoms with van der Waals surface area (Å²) < 4.78 is 66.9. The van der Waals surface area contributed by atoms with Crippen LogP contribution in [0.3, 0.4) is 0 Å². The van der Waals surface area contributed by atoms with Crippen LogP contribution in [0.5, 0.6) is 0 Å². The molecule has 0 aromatic rings. The molecule has 0 aliphatic heterocycles. The number of halogens is 3. The van der Waals surface area contributed by atoms with Gasteiger partial charge in [0, 0.05) is 14.2 Å². The Morgan fingerprint density at radius 2 is 1.43 bits per heavy atom. The van der Waals surface area contributed by atoms with Crippen molar-refractivity contribution in [2.75, 3.05) is 14.2 Å². The maximum Gasteiger partial charge on any atom is 0.522 e. The van der Waals surface area contributed by atoms with Crippen LogP contribution >= 0.6 is 0 Å². The van der Waals surface area contributed by atoms with E-state index >= 15 is 0 Å². The first-order valence-corrected chi connectivity index (χ1v) is 4.59. The van der Waals surface area contributed by atoms with Crippen molar-refractivity contribution < 1.29 is 35.6 Å². The van der Waals surface area contributed by atoms with Crippen LogP contribution in [-0.2, 0) is 19.6 Å². The van der Waals surface area contributed by atoms with Crippen LogP contribution in [0, 0.1) is 0 Å². The molecule has 0 aromatic heterocycles. The van der Waals surface area contributed by atoms with Crippen LogP contribution in [0.2, 0.25) is 0 Å². The van der Waals surface area contributed by atoms with Crippen molar-refractivity contribution in [1.82, 2.24) is 0 Å². The number of methoxy groups -OCH3 is 2. The lowest BCUT2D eigenvalue weighted by atomic mass is 10.8. The van der Waals surface area contributed by atoms with Crippen LogP contribution in [0.1, 0.15) is 6.92 Å². The molecule has 0 aromatic carbocycles. The number of rotatable bonds is 2. The van der Waals surface area contributed by atoms with Gasteiger partial charge in [0.15, 0.2) is 6.29 Å². The molecule has 0 saturated heterocycles. The minimum atomic E-state index is -5.84. The summed E-state index contributed by atoms with van der Waals surface area (Å²) in [5, 5.41) is 0. The minimum Gasteiger partial charge on any atom is -0.356 e. The average molecular weight is 240 g/mol. The van der Waals surface area contributed by atoms with E-state index in [2.05, 4.69) is 9.47 Å². The third kappa shape index (κ3) is 8.23. The second-order valence-electron chi connectivity index (χ2n) is 1.96. The summed E-state index contributed by atoms with van der Waals surface area (Å²) in [6.45, 7) is 1.83. The van der Waals surface area contributed by atoms with Gasteiger partial charge >= 0.3 is 15.6 Å². The largest absolute Gasteiger partial charge is 0.522 e. The SMILES string of the molecule is COC(C)OC.O=S(=O)(O)C(F)(F)F. The molecule has 0 amide bonds. The number of hydrogen-bond donors (Lipinski definition) is 1. The lowest BCUT2D eigenvalue weighted by Crippen LogP contribution is -2.21. The molecule has 0 heterocycles. The summed E-state index contributed by atoms with van der Waals surface area (Å²) >= 11 is 0. The van der Waals surface area contributed by atoms with E-state index in [-0.39, 0.29) is 6.29 Å². The first kappa shape index (κ1) is 16.1. The van der Waals surface area contributed by atoms with Crippen LogP contribution in [-0.4, -0.2) is 39.0 Å². The van der Waals surface area contributed by atoms with Gasteiger partial charge in [0.2, 0.25) is 0 Å². The lowest BCUT2D eigenvalue weighted by molar-refractivity contribution is -0.0877. The summed E-state index contributed by atoms with van der Waals surface area (Å²) in [5.74, 6) is 0. The van der Waals surface area contributed by atoms with Crippen LogP contribution in [0.15, 0.2) is 0 Å². The fraction of sp³-hybridized carbons (Fsp3) is 1.00. The molecule has 14 heavy (non-hydrogen) atoms. The van der Waals surface area contributed by atoms with Crippen molar-refractivity contribution in [2.24, 2.45) is 0 Å². The predicted octanol–water partition coefficient (Wildman–Crippen LogP) is 1.02. The van der Waals surface area contributed by atoms with E-state index in [1.54, 1.807) is 14.2 Å². The molecule has 0 saturated carbocycles. The molecule has 1 N–H and O–H groups in total. The Labute approximate surface area is 79.6 Å². The van der Waals surface area contributed by atoms with Gasteiger partial charge in [-0.3, -0.25) is 4.55 Å². The van der Waals surface area contributed by atoms with Crippen molar-refractivity contribution in [3.05, 3.63) is 0 Å². The van der Waals surface area contributed by atoms with E-state index in [1.165, 1.54) is 0 Å². The van der Waals surface area contributed by atoms with Crippen LogP contribution in [0.25, 0.3) is 0 Å². The fourth-order valence-corrected chi connectivity index (χ4v) is 0.0962. The Balaban J connectivity index is 0. The molecular formula is C5H11F3O5S. The second-order valence-corrected chi connectivity index (χ2v) is 3.37. The van der Waals surface area contributed by atoms with E-state index in [4.69, 9.17) is 13.0 Å². The monoisotopic (exact) mass is 240 g/mol. The molecule has 0 atom stereocenters. The highest BCUT2D eigenvalue weighted by Crippen LogP contribution is 2.20. The number of alkyl halides is 3. The normalized spacial score (nSPS) is 12.3. The van der Waals surface area contributed by atoms with E-state index in [1.807, 2.05) is 6.92 Å². The molecule has 9 heteroatoms. The Bertz CT molecular complexity index is 230. The smallest absolute Gasteiger partial charge is 0.356 e. The highest BCUT2D eigenvalue weighted by molar-refractivity contribution is 7.86. The second kappa shape index (κ2) is 6.17. The van der Waals surface area contributed by atoms with Gasteiger partial charge in [-0.05, 0) is 6.92 Å². The Hall–Kier alpha value is -0.380. The Morgan fingerprint density at radius 3 is 1.43 bits per heavy atom. The van der Waals surface area contributed by atoms with Gasteiger partial charge in [0.25, 0.3) is 0 Å². The summed E-state index contributed by atoms with van der Waals surface area (Å²) in [6.07, 6.45) is -0.0648.